The Morgan fingerprint density at radius 1 is 1.30 bits per heavy atom. The Bertz CT molecular complexity index is 664. The van der Waals surface area contributed by atoms with Gasteiger partial charge in [0.1, 0.15) is 0 Å². The predicted octanol–water partition coefficient (Wildman–Crippen LogP) is 0.358. The summed E-state index contributed by atoms with van der Waals surface area (Å²) in [6.45, 7) is 2.16. The van der Waals surface area contributed by atoms with Crippen LogP contribution in [0.1, 0.15) is 17.3 Å². The van der Waals surface area contributed by atoms with Crippen LogP contribution in [0.2, 0.25) is 0 Å². The molecule has 1 heterocycles. The highest BCUT2D eigenvalue weighted by Gasteiger charge is 2.15. The number of nitrogens with one attached hydrogen (secondary N) is 1. The van der Waals surface area contributed by atoms with Crippen molar-refractivity contribution in [2.45, 2.75) is 24.8 Å². The maximum absolute atomic E-state index is 12.1. The van der Waals surface area contributed by atoms with Crippen molar-refractivity contribution in [1.29, 1.82) is 0 Å². The van der Waals surface area contributed by atoms with Crippen molar-refractivity contribution in [3.63, 3.8) is 0 Å². The standard InChI is InChI=1S/C12H16N4O3S/c1-9-15-12(19-16-9)8-14-20(17,18)11-4-2-10(3-5-11)6-7-13/h2-5,14H,6-8,13H2,1H3. The topological polar surface area (TPSA) is 111 Å². The molecule has 1 aromatic heterocycles. The van der Waals surface area contributed by atoms with Gasteiger partial charge in [-0.1, -0.05) is 17.3 Å². The fourth-order valence-corrected chi connectivity index (χ4v) is 2.63. The summed E-state index contributed by atoms with van der Waals surface area (Å²) in [6.07, 6.45) is 0.717. The van der Waals surface area contributed by atoms with Gasteiger partial charge in [-0.15, -0.1) is 0 Å². The van der Waals surface area contributed by atoms with Crippen LogP contribution in [0.4, 0.5) is 0 Å². The molecule has 0 aliphatic rings. The molecule has 2 rings (SSSR count). The monoisotopic (exact) mass is 296 g/mol. The fraction of sp³-hybridized carbons (Fsp3) is 0.333. The smallest absolute Gasteiger partial charge is 0.241 e. The maximum atomic E-state index is 12.1. The zero-order chi connectivity index (χ0) is 14.6. The maximum Gasteiger partial charge on any atom is 0.241 e. The molecule has 0 aliphatic carbocycles. The first-order valence-electron chi connectivity index (χ1n) is 6.09. The average Bonchev–Trinajstić information content (AvgIpc) is 2.84. The second-order valence-corrected chi connectivity index (χ2v) is 6.01. The second-order valence-electron chi connectivity index (χ2n) is 4.24. The number of nitrogens with zero attached hydrogens (tertiary/aromatic N) is 2. The van der Waals surface area contributed by atoms with Crippen LogP contribution in [0.5, 0.6) is 0 Å². The highest BCUT2D eigenvalue weighted by molar-refractivity contribution is 7.89. The normalized spacial score (nSPS) is 11.7. The van der Waals surface area contributed by atoms with Crippen LogP contribution in [-0.4, -0.2) is 25.1 Å². The molecule has 1 aromatic carbocycles. The molecule has 0 bridgehead atoms. The molecule has 8 heteroatoms. The van der Waals surface area contributed by atoms with E-state index in [0.29, 0.717) is 12.4 Å². The van der Waals surface area contributed by atoms with Gasteiger partial charge in [-0.05, 0) is 37.6 Å². The van der Waals surface area contributed by atoms with Crippen molar-refractivity contribution >= 4 is 10.0 Å². The predicted molar refractivity (Wildman–Crippen MR) is 72.3 cm³/mol. The van der Waals surface area contributed by atoms with Gasteiger partial charge in [-0.2, -0.15) is 4.98 Å². The Balaban J connectivity index is 2.05. The Morgan fingerprint density at radius 2 is 2.00 bits per heavy atom. The third kappa shape index (κ3) is 3.62. The summed E-state index contributed by atoms with van der Waals surface area (Å²) < 4.78 is 31.4. The number of hydrogen-bond acceptors (Lipinski definition) is 6. The second kappa shape index (κ2) is 6.12. The quantitative estimate of drug-likeness (QED) is 0.796. The van der Waals surface area contributed by atoms with Gasteiger partial charge in [0, 0.05) is 0 Å². The Labute approximate surface area is 117 Å². The minimum atomic E-state index is -3.59. The molecule has 0 atom stereocenters. The first-order valence-corrected chi connectivity index (χ1v) is 7.57. The van der Waals surface area contributed by atoms with Gasteiger partial charge >= 0.3 is 0 Å². The van der Waals surface area contributed by atoms with E-state index >= 15 is 0 Å². The van der Waals surface area contributed by atoms with Crippen LogP contribution in [0.25, 0.3) is 0 Å². The number of benzene rings is 1. The van der Waals surface area contributed by atoms with Gasteiger partial charge in [0.05, 0.1) is 11.4 Å². The van der Waals surface area contributed by atoms with E-state index in [1.165, 1.54) is 0 Å². The number of sulfonamides is 1. The highest BCUT2D eigenvalue weighted by atomic mass is 32.2. The van der Waals surface area contributed by atoms with Crippen molar-refractivity contribution in [3.05, 3.63) is 41.5 Å². The lowest BCUT2D eigenvalue weighted by molar-refractivity contribution is 0.372. The Hall–Kier alpha value is -1.77. The molecule has 0 saturated heterocycles. The van der Waals surface area contributed by atoms with Crippen molar-refractivity contribution in [3.8, 4) is 0 Å². The molecule has 3 N–H and O–H groups in total. The number of aryl methyl sites for hydroxylation is 1. The molecule has 0 unspecified atom stereocenters. The Kier molecular flexibility index (Phi) is 4.48. The minimum Gasteiger partial charge on any atom is -0.338 e. The lowest BCUT2D eigenvalue weighted by Crippen LogP contribution is -2.23. The van der Waals surface area contributed by atoms with Gasteiger partial charge in [0.2, 0.25) is 15.9 Å². The largest absolute Gasteiger partial charge is 0.338 e. The molecule has 7 nitrogen and oxygen atoms in total. The molecule has 20 heavy (non-hydrogen) atoms. The number of nitrogens with two attached hydrogens (primary N) is 1. The molecular formula is C12H16N4O3S. The summed E-state index contributed by atoms with van der Waals surface area (Å²) in [5.41, 5.74) is 6.44. The molecule has 0 amide bonds. The van der Waals surface area contributed by atoms with E-state index in [1.807, 2.05) is 0 Å². The van der Waals surface area contributed by atoms with Crippen LogP contribution < -0.4 is 10.5 Å². The molecule has 0 aliphatic heterocycles. The van der Waals surface area contributed by atoms with Gasteiger partial charge in [-0.25, -0.2) is 13.1 Å². The van der Waals surface area contributed by atoms with Crippen molar-refractivity contribution < 1.29 is 12.9 Å². The van der Waals surface area contributed by atoms with E-state index < -0.39 is 10.0 Å². The molecule has 0 saturated carbocycles. The molecule has 0 spiro atoms. The molecule has 108 valence electrons. The van der Waals surface area contributed by atoms with E-state index in [0.717, 1.165) is 12.0 Å². The molecule has 0 fully saturated rings. The molecule has 2 aromatic rings. The SMILES string of the molecule is Cc1noc(CNS(=O)(=O)c2ccc(CCN)cc2)n1. The third-order valence-corrected chi connectivity index (χ3v) is 4.07. The molecular weight excluding hydrogens is 280 g/mol. The van der Waals surface area contributed by atoms with Crippen molar-refractivity contribution in [2.75, 3.05) is 6.54 Å². The van der Waals surface area contributed by atoms with E-state index in [-0.39, 0.29) is 17.3 Å². The van der Waals surface area contributed by atoms with Crippen LogP contribution >= 0.6 is 0 Å². The lowest BCUT2D eigenvalue weighted by Gasteiger charge is -2.05. The summed E-state index contributed by atoms with van der Waals surface area (Å²) in [4.78, 5) is 4.12. The van der Waals surface area contributed by atoms with E-state index in [1.54, 1.807) is 31.2 Å². The molecule has 0 radical (unpaired) electrons. The van der Waals surface area contributed by atoms with E-state index in [9.17, 15) is 8.42 Å². The van der Waals surface area contributed by atoms with Gasteiger partial charge in [-0.3, -0.25) is 0 Å². The summed E-state index contributed by atoms with van der Waals surface area (Å²) in [5, 5.41) is 3.59. The highest BCUT2D eigenvalue weighted by Crippen LogP contribution is 2.11. The summed E-state index contributed by atoms with van der Waals surface area (Å²) >= 11 is 0. The first kappa shape index (κ1) is 14.6. The lowest BCUT2D eigenvalue weighted by atomic mass is 10.2. The first-order chi connectivity index (χ1) is 9.51. The summed E-state index contributed by atoms with van der Waals surface area (Å²) in [7, 11) is -3.59. The van der Waals surface area contributed by atoms with E-state index in [4.69, 9.17) is 10.3 Å². The van der Waals surface area contributed by atoms with Gasteiger partial charge in [0.15, 0.2) is 5.82 Å². The number of aromatic nitrogens is 2. The van der Waals surface area contributed by atoms with Crippen LogP contribution in [0, 0.1) is 6.92 Å². The minimum absolute atomic E-state index is 0.0340. The van der Waals surface area contributed by atoms with Crippen molar-refractivity contribution in [2.24, 2.45) is 5.73 Å². The van der Waals surface area contributed by atoms with Crippen molar-refractivity contribution in [1.82, 2.24) is 14.9 Å². The number of hydrogen-bond donors (Lipinski definition) is 2. The number of rotatable bonds is 6. The zero-order valence-electron chi connectivity index (χ0n) is 11.0. The summed E-state index contributed by atoms with van der Waals surface area (Å²) in [5.74, 6) is 0.691. The average molecular weight is 296 g/mol. The third-order valence-electron chi connectivity index (χ3n) is 2.65. The van der Waals surface area contributed by atoms with Crippen LogP contribution in [0.3, 0.4) is 0 Å². The summed E-state index contributed by atoms with van der Waals surface area (Å²) in [6, 6.07) is 6.59. The zero-order valence-corrected chi connectivity index (χ0v) is 11.9. The van der Waals surface area contributed by atoms with Gasteiger partial charge in [0.25, 0.3) is 0 Å². The van der Waals surface area contributed by atoms with Gasteiger partial charge < -0.3 is 10.3 Å². The van der Waals surface area contributed by atoms with E-state index in [2.05, 4.69) is 14.9 Å². The fourth-order valence-electron chi connectivity index (χ4n) is 1.65. The van der Waals surface area contributed by atoms with Crippen LogP contribution in [0.15, 0.2) is 33.7 Å². The van der Waals surface area contributed by atoms with Crippen LogP contribution in [-0.2, 0) is 23.0 Å². The Morgan fingerprint density at radius 3 is 2.55 bits per heavy atom.